The van der Waals surface area contributed by atoms with Crippen molar-refractivity contribution in [2.75, 3.05) is 5.73 Å². The van der Waals surface area contributed by atoms with Gasteiger partial charge in [-0.1, -0.05) is 6.07 Å². The second kappa shape index (κ2) is 4.03. The maximum Gasteiger partial charge on any atom is 0.145 e. The predicted molar refractivity (Wildman–Crippen MR) is 56.9 cm³/mol. The molecule has 0 aliphatic heterocycles. The van der Waals surface area contributed by atoms with Crippen LogP contribution in [-0.4, -0.2) is 9.78 Å². The van der Waals surface area contributed by atoms with Crippen molar-refractivity contribution in [3.8, 4) is 6.07 Å². The fourth-order valence-electron chi connectivity index (χ4n) is 1.39. The standard InChI is InChI=1S/C11H9FN4/c12-10-5-8(6-13)1-2-9(10)7-16-4-3-11(14)15-16/h1-5H,7H2,(H2,14,15). The summed E-state index contributed by atoms with van der Waals surface area (Å²) in [6.45, 7) is 0.300. The molecule has 16 heavy (non-hydrogen) atoms. The number of hydrogen-bond donors (Lipinski definition) is 1. The van der Waals surface area contributed by atoms with E-state index in [1.54, 1.807) is 29.1 Å². The maximum absolute atomic E-state index is 13.5. The molecule has 0 amide bonds. The highest BCUT2D eigenvalue weighted by Crippen LogP contribution is 2.11. The molecule has 4 nitrogen and oxygen atoms in total. The quantitative estimate of drug-likeness (QED) is 0.827. The monoisotopic (exact) mass is 216 g/mol. The number of aromatic nitrogens is 2. The molecule has 5 heteroatoms. The zero-order chi connectivity index (χ0) is 11.5. The number of anilines is 1. The Hall–Kier alpha value is -2.35. The van der Waals surface area contributed by atoms with E-state index in [4.69, 9.17) is 11.0 Å². The third kappa shape index (κ3) is 2.01. The highest BCUT2D eigenvalue weighted by molar-refractivity contribution is 5.33. The van der Waals surface area contributed by atoms with Crippen LogP contribution in [0.4, 0.5) is 10.2 Å². The highest BCUT2D eigenvalue weighted by Gasteiger charge is 2.04. The Bertz CT molecular complexity index is 553. The number of nitrogen functional groups attached to an aromatic ring is 1. The first-order chi connectivity index (χ1) is 7.69. The van der Waals surface area contributed by atoms with Gasteiger partial charge in [0.2, 0.25) is 0 Å². The molecular weight excluding hydrogens is 207 g/mol. The third-order valence-corrected chi connectivity index (χ3v) is 2.18. The van der Waals surface area contributed by atoms with Crippen LogP contribution in [0.1, 0.15) is 11.1 Å². The van der Waals surface area contributed by atoms with Crippen LogP contribution in [-0.2, 0) is 6.54 Å². The Morgan fingerprint density at radius 2 is 2.25 bits per heavy atom. The van der Waals surface area contributed by atoms with E-state index in [0.29, 0.717) is 23.5 Å². The van der Waals surface area contributed by atoms with Crippen molar-refractivity contribution in [2.45, 2.75) is 6.54 Å². The number of hydrogen-bond acceptors (Lipinski definition) is 3. The molecule has 2 N–H and O–H groups in total. The summed E-state index contributed by atoms with van der Waals surface area (Å²) in [5.74, 6) is -0.0119. The van der Waals surface area contributed by atoms with Crippen molar-refractivity contribution in [3.05, 3.63) is 47.4 Å². The molecule has 0 radical (unpaired) electrons. The Morgan fingerprint density at radius 1 is 1.44 bits per heavy atom. The van der Waals surface area contributed by atoms with E-state index in [9.17, 15) is 4.39 Å². The lowest BCUT2D eigenvalue weighted by Gasteiger charge is -2.03. The van der Waals surface area contributed by atoms with E-state index in [1.807, 2.05) is 6.07 Å². The Kier molecular flexibility index (Phi) is 2.56. The molecule has 0 saturated carbocycles. The molecule has 0 atom stereocenters. The smallest absolute Gasteiger partial charge is 0.145 e. The molecule has 0 fully saturated rings. The summed E-state index contributed by atoms with van der Waals surface area (Å²) in [7, 11) is 0. The van der Waals surface area contributed by atoms with Gasteiger partial charge in [-0.25, -0.2) is 4.39 Å². The van der Waals surface area contributed by atoms with Crippen LogP contribution in [0.25, 0.3) is 0 Å². The SMILES string of the molecule is N#Cc1ccc(Cn2ccc(N)n2)c(F)c1. The van der Waals surface area contributed by atoms with Crippen LogP contribution in [0.15, 0.2) is 30.5 Å². The molecule has 1 heterocycles. The number of halogens is 1. The zero-order valence-electron chi connectivity index (χ0n) is 8.39. The number of rotatable bonds is 2. The summed E-state index contributed by atoms with van der Waals surface area (Å²) < 4.78 is 15.0. The molecule has 0 spiro atoms. The summed E-state index contributed by atoms with van der Waals surface area (Å²) in [6.07, 6.45) is 1.67. The van der Waals surface area contributed by atoms with Crippen molar-refractivity contribution in [2.24, 2.45) is 0 Å². The van der Waals surface area contributed by atoms with Gasteiger partial charge in [-0.3, -0.25) is 4.68 Å². The van der Waals surface area contributed by atoms with Gasteiger partial charge in [0.25, 0.3) is 0 Å². The minimum atomic E-state index is -0.409. The second-order valence-electron chi connectivity index (χ2n) is 3.36. The van der Waals surface area contributed by atoms with E-state index < -0.39 is 5.82 Å². The van der Waals surface area contributed by atoms with Gasteiger partial charge in [0.05, 0.1) is 18.2 Å². The van der Waals surface area contributed by atoms with Gasteiger partial charge in [0, 0.05) is 11.8 Å². The van der Waals surface area contributed by atoms with Crippen LogP contribution in [0, 0.1) is 17.1 Å². The summed E-state index contributed by atoms with van der Waals surface area (Å²) in [6, 6.07) is 7.88. The molecule has 1 aromatic carbocycles. The summed E-state index contributed by atoms with van der Waals surface area (Å²) >= 11 is 0. The van der Waals surface area contributed by atoms with Gasteiger partial charge < -0.3 is 5.73 Å². The maximum atomic E-state index is 13.5. The Balaban J connectivity index is 2.26. The number of nitrogens with zero attached hydrogens (tertiary/aromatic N) is 3. The first-order valence-electron chi connectivity index (χ1n) is 4.66. The molecule has 2 aromatic rings. The van der Waals surface area contributed by atoms with Gasteiger partial charge in [-0.05, 0) is 18.2 Å². The molecule has 0 bridgehead atoms. The molecule has 0 aliphatic carbocycles. The van der Waals surface area contributed by atoms with E-state index in [0.717, 1.165) is 0 Å². The summed E-state index contributed by atoms with van der Waals surface area (Å²) in [4.78, 5) is 0. The molecule has 80 valence electrons. The van der Waals surface area contributed by atoms with E-state index in [1.165, 1.54) is 6.07 Å². The number of benzene rings is 1. The van der Waals surface area contributed by atoms with Crippen molar-refractivity contribution in [1.82, 2.24) is 9.78 Å². The zero-order valence-corrected chi connectivity index (χ0v) is 8.39. The van der Waals surface area contributed by atoms with Gasteiger partial charge in [-0.2, -0.15) is 10.4 Å². The van der Waals surface area contributed by atoms with Gasteiger partial charge in [0.1, 0.15) is 11.6 Å². The van der Waals surface area contributed by atoms with Crippen LogP contribution < -0.4 is 5.73 Å². The minimum absolute atomic E-state index is 0.300. The third-order valence-electron chi connectivity index (χ3n) is 2.18. The van der Waals surface area contributed by atoms with Gasteiger partial charge in [0.15, 0.2) is 0 Å². The van der Waals surface area contributed by atoms with Crippen LogP contribution in [0.2, 0.25) is 0 Å². The first kappa shape index (κ1) is 10.2. The van der Waals surface area contributed by atoms with Crippen molar-refractivity contribution in [1.29, 1.82) is 5.26 Å². The summed E-state index contributed by atoms with van der Waals surface area (Å²) in [5, 5.41) is 12.5. The lowest BCUT2D eigenvalue weighted by Crippen LogP contribution is -2.03. The Morgan fingerprint density at radius 3 is 2.81 bits per heavy atom. The molecule has 0 saturated heterocycles. The molecule has 1 aromatic heterocycles. The van der Waals surface area contributed by atoms with Crippen LogP contribution in [0.3, 0.4) is 0 Å². The van der Waals surface area contributed by atoms with Crippen molar-refractivity contribution in [3.63, 3.8) is 0 Å². The average molecular weight is 216 g/mol. The van der Waals surface area contributed by atoms with Crippen molar-refractivity contribution >= 4 is 5.82 Å². The average Bonchev–Trinajstić information content (AvgIpc) is 2.67. The van der Waals surface area contributed by atoms with Crippen LogP contribution >= 0.6 is 0 Å². The lowest BCUT2D eigenvalue weighted by atomic mass is 10.1. The molecule has 0 unspecified atom stereocenters. The second-order valence-corrected chi connectivity index (χ2v) is 3.36. The highest BCUT2D eigenvalue weighted by atomic mass is 19.1. The molecule has 0 aliphatic rings. The fraction of sp³-hybridized carbons (Fsp3) is 0.0909. The Labute approximate surface area is 91.7 Å². The van der Waals surface area contributed by atoms with E-state index in [2.05, 4.69) is 5.10 Å². The number of nitrogens with two attached hydrogens (primary N) is 1. The normalized spacial score (nSPS) is 10.0. The lowest BCUT2D eigenvalue weighted by molar-refractivity contribution is 0.585. The van der Waals surface area contributed by atoms with Crippen LogP contribution in [0.5, 0.6) is 0 Å². The van der Waals surface area contributed by atoms with E-state index in [-0.39, 0.29) is 0 Å². The summed E-state index contributed by atoms with van der Waals surface area (Å²) in [5.41, 5.74) is 6.23. The topological polar surface area (TPSA) is 67.6 Å². The van der Waals surface area contributed by atoms with E-state index >= 15 is 0 Å². The van der Waals surface area contributed by atoms with Gasteiger partial charge >= 0.3 is 0 Å². The first-order valence-corrected chi connectivity index (χ1v) is 4.66. The molecular formula is C11H9FN4. The minimum Gasteiger partial charge on any atom is -0.382 e. The largest absolute Gasteiger partial charge is 0.382 e. The van der Waals surface area contributed by atoms with Gasteiger partial charge in [-0.15, -0.1) is 0 Å². The fourth-order valence-corrected chi connectivity index (χ4v) is 1.39. The predicted octanol–water partition coefficient (Wildman–Crippen LogP) is 1.52. The number of nitriles is 1. The van der Waals surface area contributed by atoms with Crippen molar-refractivity contribution < 1.29 is 4.39 Å². The molecule has 2 rings (SSSR count).